The second-order valence-electron chi connectivity index (χ2n) is 4.52. The van der Waals surface area contributed by atoms with Crippen LogP contribution in [-0.4, -0.2) is 25.2 Å². The zero-order valence-corrected chi connectivity index (χ0v) is 11.2. The number of hydrogen-bond acceptors (Lipinski definition) is 5. The summed E-state index contributed by atoms with van der Waals surface area (Å²) in [5.41, 5.74) is 6.26. The van der Waals surface area contributed by atoms with Crippen molar-refractivity contribution in [3.63, 3.8) is 0 Å². The molecule has 0 aliphatic heterocycles. The molecule has 18 heavy (non-hydrogen) atoms. The summed E-state index contributed by atoms with van der Waals surface area (Å²) in [4.78, 5) is 6.45. The van der Waals surface area contributed by atoms with Gasteiger partial charge in [0, 0.05) is 13.1 Å². The van der Waals surface area contributed by atoms with Crippen molar-refractivity contribution < 1.29 is 4.74 Å². The summed E-state index contributed by atoms with van der Waals surface area (Å²) in [5.74, 6) is 1.72. The summed E-state index contributed by atoms with van der Waals surface area (Å²) in [7, 11) is 1.55. The van der Waals surface area contributed by atoms with Crippen LogP contribution in [0.15, 0.2) is 12.1 Å². The Labute approximate surface area is 108 Å². The van der Waals surface area contributed by atoms with E-state index in [1.807, 2.05) is 6.07 Å². The molecule has 0 aromatic carbocycles. The van der Waals surface area contributed by atoms with Gasteiger partial charge in [-0.1, -0.05) is 13.8 Å². The highest BCUT2D eigenvalue weighted by atomic mass is 16.5. The van der Waals surface area contributed by atoms with Crippen molar-refractivity contribution in [2.45, 2.75) is 20.3 Å². The number of nitrogens with two attached hydrogens (primary N) is 1. The van der Waals surface area contributed by atoms with E-state index in [0.29, 0.717) is 30.5 Å². The van der Waals surface area contributed by atoms with E-state index in [2.05, 4.69) is 29.8 Å². The maximum absolute atomic E-state index is 8.70. The molecule has 0 unspecified atom stereocenters. The maximum atomic E-state index is 8.70. The number of aromatic nitrogens is 1. The Hall–Kier alpha value is -1.96. The number of methoxy groups -OCH3 is 1. The third-order valence-electron chi connectivity index (χ3n) is 2.47. The highest BCUT2D eigenvalue weighted by molar-refractivity contribution is 5.54. The lowest BCUT2D eigenvalue weighted by Gasteiger charge is -2.25. The van der Waals surface area contributed by atoms with Crippen LogP contribution in [0, 0.1) is 17.2 Å². The van der Waals surface area contributed by atoms with Gasteiger partial charge in [0.05, 0.1) is 25.3 Å². The molecule has 0 amide bonds. The molecule has 0 spiro atoms. The maximum Gasteiger partial charge on any atom is 0.238 e. The molecule has 0 aliphatic carbocycles. The second-order valence-corrected chi connectivity index (χ2v) is 4.52. The third kappa shape index (κ3) is 3.81. The topological polar surface area (TPSA) is 75.2 Å². The van der Waals surface area contributed by atoms with Crippen LogP contribution in [0.25, 0.3) is 0 Å². The van der Waals surface area contributed by atoms with Crippen LogP contribution in [0.3, 0.4) is 0 Å². The average Bonchev–Trinajstić information content (AvgIpc) is 2.34. The molecule has 5 heteroatoms. The third-order valence-corrected chi connectivity index (χ3v) is 2.47. The van der Waals surface area contributed by atoms with E-state index >= 15 is 0 Å². The molecule has 0 aliphatic rings. The molecule has 2 N–H and O–H groups in total. The van der Waals surface area contributed by atoms with Gasteiger partial charge in [-0.15, -0.1) is 0 Å². The summed E-state index contributed by atoms with van der Waals surface area (Å²) >= 11 is 0. The van der Waals surface area contributed by atoms with E-state index < -0.39 is 0 Å². The molecule has 0 bridgehead atoms. The minimum Gasteiger partial charge on any atom is -0.479 e. The Balaban J connectivity index is 2.93. The highest BCUT2D eigenvalue weighted by Gasteiger charge is 2.12. The van der Waals surface area contributed by atoms with Crippen LogP contribution in [0.5, 0.6) is 5.88 Å². The van der Waals surface area contributed by atoms with Crippen LogP contribution < -0.4 is 15.4 Å². The fourth-order valence-electron chi connectivity index (χ4n) is 1.71. The molecular formula is C13H20N4O. The lowest BCUT2D eigenvalue weighted by molar-refractivity contribution is 0.400. The number of nitrogens with zero attached hydrogens (tertiary/aromatic N) is 3. The van der Waals surface area contributed by atoms with Crippen molar-refractivity contribution in [1.29, 1.82) is 5.26 Å². The Morgan fingerprint density at radius 2 is 2.22 bits per heavy atom. The molecule has 1 rings (SSSR count). The largest absolute Gasteiger partial charge is 0.479 e. The molecule has 0 saturated heterocycles. The zero-order valence-electron chi connectivity index (χ0n) is 11.2. The van der Waals surface area contributed by atoms with Crippen molar-refractivity contribution in [2.75, 3.05) is 30.8 Å². The van der Waals surface area contributed by atoms with Gasteiger partial charge in [-0.25, -0.2) is 0 Å². The molecule has 5 nitrogen and oxygen atoms in total. The van der Waals surface area contributed by atoms with Gasteiger partial charge < -0.3 is 15.4 Å². The Morgan fingerprint density at radius 3 is 2.78 bits per heavy atom. The lowest BCUT2D eigenvalue weighted by Crippen LogP contribution is -2.29. The van der Waals surface area contributed by atoms with E-state index in [0.717, 1.165) is 12.4 Å². The van der Waals surface area contributed by atoms with Crippen LogP contribution >= 0.6 is 0 Å². The van der Waals surface area contributed by atoms with Gasteiger partial charge in [-0.2, -0.15) is 10.2 Å². The van der Waals surface area contributed by atoms with Crippen LogP contribution in [0.2, 0.25) is 0 Å². The van der Waals surface area contributed by atoms with Crippen molar-refractivity contribution in [3.8, 4) is 11.9 Å². The number of anilines is 2. The molecule has 1 heterocycles. The molecule has 0 atom stereocenters. The van der Waals surface area contributed by atoms with Gasteiger partial charge in [0.1, 0.15) is 5.82 Å². The molecule has 98 valence electrons. The first-order valence-corrected chi connectivity index (χ1v) is 6.01. The predicted molar refractivity (Wildman–Crippen MR) is 72.5 cm³/mol. The summed E-state index contributed by atoms with van der Waals surface area (Å²) < 4.78 is 5.12. The minimum absolute atomic E-state index is 0.429. The number of rotatable bonds is 6. The summed E-state index contributed by atoms with van der Waals surface area (Å²) in [6.07, 6.45) is 0.473. The molecule has 1 aromatic heterocycles. The van der Waals surface area contributed by atoms with Gasteiger partial charge in [0.2, 0.25) is 5.88 Å². The predicted octanol–water partition coefficient (Wildman–Crippen LogP) is 2.05. The van der Waals surface area contributed by atoms with Crippen LogP contribution in [0.4, 0.5) is 11.5 Å². The lowest BCUT2D eigenvalue weighted by atomic mass is 10.2. The fraction of sp³-hybridized carbons (Fsp3) is 0.538. The number of hydrogen-bond donors (Lipinski definition) is 1. The average molecular weight is 248 g/mol. The Kier molecular flexibility index (Phi) is 5.25. The van der Waals surface area contributed by atoms with Gasteiger partial charge in [-0.3, -0.25) is 0 Å². The normalized spacial score (nSPS) is 10.2. The van der Waals surface area contributed by atoms with E-state index in [-0.39, 0.29) is 0 Å². The van der Waals surface area contributed by atoms with E-state index in [9.17, 15) is 0 Å². The van der Waals surface area contributed by atoms with Gasteiger partial charge in [-0.05, 0) is 18.1 Å². The minimum atomic E-state index is 0.429. The summed E-state index contributed by atoms with van der Waals surface area (Å²) in [6.45, 7) is 5.78. The van der Waals surface area contributed by atoms with E-state index in [1.54, 1.807) is 13.2 Å². The summed E-state index contributed by atoms with van der Waals surface area (Å²) in [6, 6.07) is 5.79. The van der Waals surface area contributed by atoms with Gasteiger partial charge in [0.15, 0.2) is 0 Å². The van der Waals surface area contributed by atoms with Crippen molar-refractivity contribution in [2.24, 2.45) is 5.92 Å². The molecule has 1 aromatic rings. The monoisotopic (exact) mass is 248 g/mol. The number of nitrogen functional groups attached to an aromatic ring is 1. The second kappa shape index (κ2) is 6.70. The summed E-state index contributed by atoms with van der Waals surface area (Å²) in [5, 5.41) is 8.70. The van der Waals surface area contributed by atoms with E-state index in [1.165, 1.54) is 0 Å². The Bertz CT molecular complexity index is 425. The molecular weight excluding hydrogens is 228 g/mol. The molecule has 0 fully saturated rings. The molecule has 0 radical (unpaired) electrons. The van der Waals surface area contributed by atoms with E-state index in [4.69, 9.17) is 15.7 Å². The first-order chi connectivity index (χ1) is 8.58. The smallest absolute Gasteiger partial charge is 0.238 e. The van der Waals surface area contributed by atoms with Crippen molar-refractivity contribution in [3.05, 3.63) is 12.1 Å². The Morgan fingerprint density at radius 1 is 1.50 bits per heavy atom. The number of pyridine rings is 1. The highest BCUT2D eigenvalue weighted by Crippen LogP contribution is 2.23. The van der Waals surface area contributed by atoms with Crippen molar-refractivity contribution in [1.82, 2.24) is 4.98 Å². The zero-order chi connectivity index (χ0) is 13.5. The van der Waals surface area contributed by atoms with Gasteiger partial charge in [0.25, 0.3) is 0 Å². The first kappa shape index (κ1) is 14.1. The fourth-order valence-corrected chi connectivity index (χ4v) is 1.71. The SMILES string of the molecule is COc1nc(N(CCC#N)CC(C)C)ccc1N. The quantitative estimate of drug-likeness (QED) is 0.833. The van der Waals surface area contributed by atoms with Gasteiger partial charge >= 0.3 is 0 Å². The van der Waals surface area contributed by atoms with Crippen LogP contribution in [0.1, 0.15) is 20.3 Å². The van der Waals surface area contributed by atoms with Crippen LogP contribution in [-0.2, 0) is 0 Å². The molecule has 0 saturated carbocycles. The number of nitriles is 1. The van der Waals surface area contributed by atoms with Crippen molar-refractivity contribution >= 4 is 11.5 Å². The first-order valence-electron chi connectivity index (χ1n) is 6.01. The standard InChI is InChI=1S/C13H20N4O/c1-10(2)9-17(8-4-7-14)12-6-5-11(15)13(16-12)18-3/h5-6,10H,4,8-9,15H2,1-3H3. The number of ether oxygens (including phenoxy) is 1.